The summed E-state index contributed by atoms with van der Waals surface area (Å²) in [6, 6.07) is 3.91. The Balaban J connectivity index is 2.09. The summed E-state index contributed by atoms with van der Waals surface area (Å²) in [4.78, 5) is 11.2. The number of nitrogens with zero attached hydrogens (tertiary/aromatic N) is 1. The number of amides is 1. The number of hydroxylamine groups is 2. The zero-order chi connectivity index (χ0) is 17.7. The van der Waals surface area contributed by atoms with Crippen molar-refractivity contribution in [2.45, 2.75) is 63.5 Å². The third kappa shape index (κ3) is 2.61. The normalized spacial score (nSPS) is 33.9. The van der Waals surface area contributed by atoms with E-state index in [1.165, 1.54) is 0 Å². The summed E-state index contributed by atoms with van der Waals surface area (Å²) in [6.45, 7) is 6.17. The fourth-order valence-corrected chi connectivity index (χ4v) is 5.43. The van der Waals surface area contributed by atoms with Gasteiger partial charge in [-0.2, -0.15) is 0 Å². The van der Waals surface area contributed by atoms with E-state index in [9.17, 15) is 10.0 Å². The molecule has 1 heterocycles. The Morgan fingerprint density at radius 2 is 2.04 bits per heavy atom. The van der Waals surface area contributed by atoms with E-state index in [-0.39, 0.29) is 0 Å². The number of aryl methyl sites for hydroxylation is 2. The highest BCUT2D eigenvalue weighted by Gasteiger charge is 2.57. The fourth-order valence-electron chi connectivity index (χ4n) is 3.98. The Bertz CT molecular complexity index is 673. The highest BCUT2D eigenvalue weighted by molar-refractivity contribution is 9.10. The highest BCUT2D eigenvalue weighted by Crippen LogP contribution is 2.50. The number of benzene rings is 1. The molecule has 1 saturated heterocycles. The van der Waals surface area contributed by atoms with Gasteiger partial charge in [-0.3, -0.25) is 4.79 Å². The summed E-state index contributed by atoms with van der Waals surface area (Å²) in [5, 5.41) is 17.1. The first-order valence-corrected chi connectivity index (χ1v) is 9.70. The maximum absolute atomic E-state index is 13.3. The third-order valence-electron chi connectivity index (χ3n) is 5.45. The molecule has 1 aliphatic heterocycles. The maximum atomic E-state index is 13.3. The molecule has 0 radical (unpaired) electrons. The minimum atomic E-state index is -1.71. The van der Waals surface area contributed by atoms with Crippen LogP contribution in [0, 0.1) is 18.0 Å². The predicted molar refractivity (Wildman–Crippen MR) is 99.5 cm³/mol. The number of carbonyl (C=O) groups excluding carboxylic acids is 1. The van der Waals surface area contributed by atoms with Gasteiger partial charge in [0.2, 0.25) is 0 Å². The van der Waals surface area contributed by atoms with E-state index in [1.54, 1.807) is 0 Å². The molecule has 1 aliphatic carbocycles. The maximum Gasteiger partial charge on any atom is 0.261 e. The molecular weight excluding hydrogens is 392 g/mol. The fraction of sp³-hybridized carbons (Fsp3) is 0.611. The molecule has 6 heteroatoms. The molecule has 2 fully saturated rings. The molecule has 1 N–H and O–H groups in total. The molecule has 132 valence electrons. The van der Waals surface area contributed by atoms with Gasteiger partial charge in [-0.15, -0.1) is 0 Å². The summed E-state index contributed by atoms with van der Waals surface area (Å²) in [7, 11) is 0. The molecule has 0 bridgehead atoms. The van der Waals surface area contributed by atoms with Gasteiger partial charge in [0.15, 0.2) is 5.00 Å². The molecule has 1 spiro atoms. The molecule has 1 aromatic rings. The Kier molecular flexibility index (Phi) is 4.75. The molecule has 1 unspecified atom stereocenters. The monoisotopic (exact) mass is 413 g/mol. The van der Waals surface area contributed by atoms with Crippen LogP contribution >= 0.6 is 27.5 Å². The Morgan fingerprint density at radius 1 is 1.42 bits per heavy atom. The van der Waals surface area contributed by atoms with Crippen LogP contribution in [0.4, 0.5) is 0 Å². The molecule has 24 heavy (non-hydrogen) atoms. The van der Waals surface area contributed by atoms with Crippen molar-refractivity contribution in [3.63, 3.8) is 0 Å². The summed E-state index contributed by atoms with van der Waals surface area (Å²) in [5.74, 6) is 0.163. The van der Waals surface area contributed by atoms with Gasteiger partial charge in [-0.05, 0) is 62.1 Å². The van der Waals surface area contributed by atoms with Crippen LogP contribution in [0.3, 0.4) is 0 Å². The van der Waals surface area contributed by atoms with E-state index < -0.39 is 16.6 Å². The van der Waals surface area contributed by atoms with Gasteiger partial charge in [0.05, 0.1) is 5.66 Å². The van der Waals surface area contributed by atoms with Crippen molar-refractivity contribution >= 4 is 33.4 Å². The van der Waals surface area contributed by atoms with Gasteiger partial charge >= 0.3 is 0 Å². The SMILES string of the molecule is CCc1cc(C)cc(Br)c1C1(Cl)C(=O)NC2(CCC(C)CC2)N1[O-]. The van der Waals surface area contributed by atoms with E-state index in [0.717, 1.165) is 29.0 Å². The lowest BCUT2D eigenvalue weighted by atomic mass is 9.82. The van der Waals surface area contributed by atoms with E-state index >= 15 is 0 Å². The largest absolute Gasteiger partial charge is 0.782 e. The highest BCUT2D eigenvalue weighted by atomic mass is 79.9. The quantitative estimate of drug-likeness (QED) is 0.570. The van der Waals surface area contributed by atoms with Crippen LogP contribution in [0.15, 0.2) is 16.6 Å². The van der Waals surface area contributed by atoms with Gasteiger partial charge in [-0.25, -0.2) is 0 Å². The number of hydrogen-bond donors (Lipinski definition) is 1. The Morgan fingerprint density at radius 3 is 2.62 bits per heavy atom. The van der Waals surface area contributed by atoms with Crippen molar-refractivity contribution < 1.29 is 4.79 Å². The standard InChI is InChI=1S/C18H23BrClN2O2/c1-4-13-9-12(3)10-14(19)15(13)18(20)16(23)21-17(22(18)24)7-5-11(2)6-8-17/h9-11H,4-8H2,1-3H3,(H,21,23)/q-1. The first-order chi connectivity index (χ1) is 11.2. The minimum absolute atomic E-state index is 0.409. The lowest BCUT2D eigenvalue weighted by Crippen LogP contribution is -2.53. The molecule has 0 aromatic heterocycles. The molecule has 3 rings (SSSR count). The number of carbonyl (C=O) groups is 1. The zero-order valence-electron chi connectivity index (χ0n) is 14.3. The number of nitrogens with one attached hydrogen (secondary N) is 1. The van der Waals surface area contributed by atoms with Gasteiger partial charge in [0.1, 0.15) is 0 Å². The number of hydrogen-bond acceptors (Lipinski definition) is 3. The number of halogens is 2. The van der Waals surface area contributed by atoms with E-state index in [0.29, 0.717) is 35.2 Å². The van der Waals surface area contributed by atoms with Crippen LogP contribution in [0.1, 0.15) is 56.2 Å². The van der Waals surface area contributed by atoms with Crippen molar-refractivity contribution in [1.82, 2.24) is 10.4 Å². The van der Waals surface area contributed by atoms with Crippen LogP contribution in [0.25, 0.3) is 0 Å². The molecule has 1 aromatic carbocycles. The topological polar surface area (TPSA) is 55.4 Å². The Labute approximate surface area is 156 Å². The molecule has 1 atom stereocenters. The minimum Gasteiger partial charge on any atom is -0.782 e. The molecular formula is C18H23BrClN2O2-. The summed E-state index contributed by atoms with van der Waals surface area (Å²) >= 11 is 10.3. The van der Waals surface area contributed by atoms with Crippen molar-refractivity contribution in [3.8, 4) is 0 Å². The van der Waals surface area contributed by atoms with Crippen molar-refractivity contribution in [1.29, 1.82) is 0 Å². The molecule has 1 amide bonds. The average Bonchev–Trinajstić information content (AvgIpc) is 2.71. The van der Waals surface area contributed by atoms with Gasteiger partial charge in [-0.1, -0.05) is 47.4 Å². The number of rotatable bonds is 2. The zero-order valence-corrected chi connectivity index (χ0v) is 16.6. The van der Waals surface area contributed by atoms with Gasteiger partial charge < -0.3 is 15.6 Å². The van der Waals surface area contributed by atoms with Crippen LogP contribution in [-0.4, -0.2) is 16.6 Å². The van der Waals surface area contributed by atoms with Crippen LogP contribution in [0.5, 0.6) is 0 Å². The second-order valence-electron chi connectivity index (χ2n) is 7.22. The lowest BCUT2D eigenvalue weighted by Gasteiger charge is -2.50. The molecule has 1 saturated carbocycles. The average molecular weight is 415 g/mol. The van der Waals surface area contributed by atoms with Crippen LogP contribution in [-0.2, 0) is 16.2 Å². The number of alkyl halides is 1. The predicted octanol–water partition coefficient (Wildman–Crippen LogP) is 4.55. The van der Waals surface area contributed by atoms with Crippen LogP contribution < -0.4 is 5.32 Å². The van der Waals surface area contributed by atoms with Crippen molar-refractivity contribution in [3.05, 3.63) is 38.5 Å². The van der Waals surface area contributed by atoms with Crippen molar-refractivity contribution in [2.75, 3.05) is 0 Å². The summed E-state index contributed by atoms with van der Waals surface area (Å²) < 4.78 is 0.714. The van der Waals surface area contributed by atoms with Crippen molar-refractivity contribution in [2.24, 2.45) is 5.92 Å². The lowest BCUT2D eigenvalue weighted by molar-refractivity contribution is -0.123. The molecule has 2 aliphatic rings. The first-order valence-electron chi connectivity index (χ1n) is 8.53. The molecule has 4 nitrogen and oxygen atoms in total. The van der Waals surface area contributed by atoms with Gasteiger partial charge in [0.25, 0.3) is 5.91 Å². The third-order valence-corrected chi connectivity index (χ3v) is 6.59. The van der Waals surface area contributed by atoms with Crippen LogP contribution in [0.2, 0.25) is 0 Å². The van der Waals surface area contributed by atoms with E-state index in [4.69, 9.17) is 11.6 Å². The first kappa shape index (κ1) is 18.2. The summed E-state index contributed by atoms with van der Waals surface area (Å²) in [6.07, 6.45) is 3.82. The smallest absolute Gasteiger partial charge is 0.261 e. The Hall–Kier alpha value is -0.620. The van der Waals surface area contributed by atoms with E-state index in [2.05, 4.69) is 28.2 Å². The van der Waals surface area contributed by atoms with Gasteiger partial charge in [0, 0.05) is 10.0 Å². The second-order valence-corrected chi connectivity index (χ2v) is 8.62. The van der Waals surface area contributed by atoms with E-state index in [1.807, 2.05) is 26.0 Å². The summed E-state index contributed by atoms with van der Waals surface area (Å²) in [5.41, 5.74) is 1.70. The second kappa shape index (κ2) is 6.27.